The van der Waals surface area contributed by atoms with Crippen molar-refractivity contribution < 1.29 is 4.79 Å². The Morgan fingerprint density at radius 3 is 2.39 bits per heavy atom. The highest BCUT2D eigenvalue weighted by Gasteiger charge is 2.30. The molecular formula is C13H23N3OS. The number of H-pyrrole nitrogens is 1. The second kappa shape index (κ2) is 4.88. The molecule has 1 heterocycles. The highest BCUT2D eigenvalue weighted by Crippen LogP contribution is 2.26. The van der Waals surface area contributed by atoms with E-state index in [1.54, 1.807) is 7.05 Å². The number of nitrogens with zero attached hydrogens (tertiary/aromatic N) is 1. The molecule has 2 N–H and O–H groups in total. The minimum Gasteiger partial charge on any atom is -0.359 e. The Kier molecular flexibility index (Phi) is 4.05. The Hall–Kier alpha value is -1.10. The molecule has 0 aliphatic rings. The van der Waals surface area contributed by atoms with E-state index in [0.717, 1.165) is 5.69 Å². The summed E-state index contributed by atoms with van der Waals surface area (Å²) < 4.78 is 2.68. The number of rotatable bonds is 3. The molecule has 0 radical (unpaired) electrons. The fourth-order valence-corrected chi connectivity index (χ4v) is 2.20. The van der Waals surface area contributed by atoms with Crippen LogP contribution in [0.5, 0.6) is 0 Å². The van der Waals surface area contributed by atoms with E-state index in [4.69, 9.17) is 12.2 Å². The van der Waals surface area contributed by atoms with Gasteiger partial charge in [-0.3, -0.25) is 4.79 Å². The van der Waals surface area contributed by atoms with Gasteiger partial charge in [-0.1, -0.05) is 20.8 Å². The smallest absolute Gasteiger partial charge is 0.227 e. The number of imidazole rings is 1. The maximum atomic E-state index is 11.9. The third kappa shape index (κ3) is 3.02. The van der Waals surface area contributed by atoms with Crippen LogP contribution in [-0.2, 0) is 16.8 Å². The van der Waals surface area contributed by atoms with E-state index < -0.39 is 5.41 Å². The van der Waals surface area contributed by atoms with Crippen LogP contribution in [0.25, 0.3) is 0 Å². The summed E-state index contributed by atoms with van der Waals surface area (Å²) in [5.41, 5.74) is 0.617. The first-order valence-corrected chi connectivity index (χ1v) is 6.51. The highest BCUT2D eigenvalue weighted by molar-refractivity contribution is 7.71. The quantitative estimate of drug-likeness (QED) is 0.829. The van der Waals surface area contributed by atoms with Crippen LogP contribution >= 0.6 is 12.2 Å². The lowest BCUT2D eigenvalue weighted by Crippen LogP contribution is -2.38. The van der Waals surface area contributed by atoms with Crippen LogP contribution in [0, 0.1) is 10.2 Å². The number of nitrogens with one attached hydrogen (secondary N) is 2. The van der Waals surface area contributed by atoms with E-state index >= 15 is 0 Å². The predicted molar refractivity (Wildman–Crippen MR) is 76.2 cm³/mol. The normalized spacial score (nSPS) is 12.6. The second-order valence-corrected chi connectivity index (χ2v) is 6.66. The molecule has 5 heteroatoms. The minimum atomic E-state index is -0.491. The SMILES string of the molecule is CNC(=O)C(C)(C)Cn1c(C(C)(C)C)c[nH]c1=S. The van der Waals surface area contributed by atoms with Crippen LogP contribution in [0.2, 0.25) is 0 Å². The van der Waals surface area contributed by atoms with Crippen LogP contribution in [0.15, 0.2) is 6.20 Å². The van der Waals surface area contributed by atoms with E-state index in [1.807, 2.05) is 24.6 Å². The third-order valence-corrected chi connectivity index (χ3v) is 3.37. The lowest BCUT2D eigenvalue weighted by Gasteiger charge is -2.27. The number of carbonyl (C=O) groups is 1. The lowest BCUT2D eigenvalue weighted by molar-refractivity contribution is -0.129. The molecule has 1 amide bonds. The van der Waals surface area contributed by atoms with Gasteiger partial charge in [-0.25, -0.2) is 0 Å². The predicted octanol–water partition coefficient (Wildman–Crippen LogP) is 2.62. The van der Waals surface area contributed by atoms with Crippen molar-refractivity contribution in [2.75, 3.05) is 7.05 Å². The largest absolute Gasteiger partial charge is 0.359 e. The van der Waals surface area contributed by atoms with E-state index in [-0.39, 0.29) is 11.3 Å². The third-order valence-electron chi connectivity index (χ3n) is 3.03. The van der Waals surface area contributed by atoms with Gasteiger partial charge in [0, 0.05) is 30.9 Å². The lowest BCUT2D eigenvalue weighted by atomic mass is 9.89. The average molecular weight is 269 g/mol. The zero-order chi connectivity index (χ0) is 14.1. The molecule has 0 fully saturated rings. The molecule has 1 rings (SSSR count). The molecule has 0 atom stereocenters. The van der Waals surface area contributed by atoms with Crippen molar-refractivity contribution >= 4 is 18.1 Å². The standard InChI is InChI=1S/C13H23N3OS/c1-12(2,3)9-7-15-11(18)16(9)8-13(4,5)10(17)14-6/h7H,8H2,1-6H3,(H,14,17)(H,15,18). The Bertz CT molecular complexity index is 491. The number of hydrogen-bond donors (Lipinski definition) is 2. The summed E-state index contributed by atoms with van der Waals surface area (Å²) in [6.45, 7) is 10.8. The molecule has 0 aromatic carbocycles. The summed E-state index contributed by atoms with van der Waals surface area (Å²) in [4.78, 5) is 14.9. The molecule has 4 nitrogen and oxygen atoms in total. The van der Waals surface area contributed by atoms with Crippen LogP contribution in [-0.4, -0.2) is 22.5 Å². The molecule has 0 unspecified atom stereocenters. The van der Waals surface area contributed by atoms with Gasteiger partial charge >= 0.3 is 0 Å². The molecule has 0 saturated carbocycles. The van der Waals surface area contributed by atoms with Gasteiger partial charge in [-0.05, 0) is 26.1 Å². The van der Waals surface area contributed by atoms with E-state index in [2.05, 4.69) is 31.1 Å². The average Bonchev–Trinajstić information content (AvgIpc) is 2.58. The number of aromatic nitrogens is 2. The molecule has 0 aliphatic heterocycles. The number of carbonyl (C=O) groups excluding carboxylic acids is 1. The summed E-state index contributed by atoms with van der Waals surface area (Å²) in [7, 11) is 1.66. The summed E-state index contributed by atoms with van der Waals surface area (Å²) >= 11 is 5.31. The fraction of sp³-hybridized carbons (Fsp3) is 0.692. The van der Waals surface area contributed by atoms with Crippen LogP contribution < -0.4 is 5.32 Å². The summed E-state index contributed by atoms with van der Waals surface area (Å²) in [6, 6.07) is 0. The Labute approximate surface area is 114 Å². The van der Waals surface area contributed by atoms with Crippen LogP contribution in [0.4, 0.5) is 0 Å². The van der Waals surface area contributed by atoms with Gasteiger partial charge < -0.3 is 14.9 Å². The zero-order valence-electron chi connectivity index (χ0n) is 12.0. The molecule has 0 saturated heterocycles. The molecule has 0 spiro atoms. The van der Waals surface area contributed by atoms with Crippen molar-refractivity contribution in [2.24, 2.45) is 5.41 Å². The van der Waals surface area contributed by atoms with Gasteiger partial charge in [-0.2, -0.15) is 0 Å². The van der Waals surface area contributed by atoms with Crippen molar-refractivity contribution in [3.8, 4) is 0 Å². The fourth-order valence-electron chi connectivity index (χ4n) is 1.98. The molecule has 0 bridgehead atoms. The molecule has 0 aliphatic carbocycles. The van der Waals surface area contributed by atoms with Gasteiger partial charge in [-0.15, -0.1) is 0 Å². The van der Waals surface area contributed by atoms with Crippen molar-refractivity contribution in [2.45, 2.75) is 46.6 Å². The minimum absolute atomic E-state index is 0.00761. The Morgan fingerprint density at radius 2 is 1.94 bits per heavy atom. The molecule has 102 valence electrons. The monoisotopic (exact) mass is 269 g/mol. The maximum Gasteiger partial charge on any atom is 0.227 e. The Balaban J connectivity index is 3.16. The zero-order valence-corrected chi connectivity index (χ0v) is 12.9. The van der Waals surface area contributed by atoms with Crippen LogP contribution in [0.1, 0.15) is 40.3 Å². The first-order chi connectivity index (χ1) is 8.09. The van der Waals surface area contributed by atoms with Crippen molar-refractivity contribution in [1.82, 2.24) is 14.9 Å². The molecule has 1 aromatic rings. The van der Waals surface area contributed by atoms with Gasteiger partial charge in [0.1, 0.15) is 0 Å². The number of aromatic amines is 1. The summed E-state index contributed by atoms with van der Waals surface area (Å²) in [5.74, 6) is 0.0189. The first kappa shape index (κ1) is 15.0. The Morgan fingerprint density at radius 1 is 1.39 bits per heavy atom. The first-order valence-electron chi connectivity index (χ1n) is 6.10. The van der Waals surface area contributed by atoms with E-state index in [1.165, 1.54) is 0 Å². The summed E-state index contributed by atoms with van der Waals surface area (Å²) in [6.07, 6.45) is 1.93. The maximum absolute atomic E-state index is 11.9. The van der Waals surface area contributed by atoms with Gasteiger partial charge in [0.25, 0.3) is 0 Å². The van der Waals surface area contributed by atoms with Gasteiger partial charge in [0.2, 0.25) is 5.91 Å². The van der Waals surface area contributed by atoms with Crippen LogP contribution in [0.3, 0.4) is 0 Å². The van der Waals surface area contributed by atoms with E-state index in [9.17, 15) is 4.79 Å². The van der Waals surface area contributed by atoms with Gasteiger partial charge in [0.05, 0.1) is 5.41 Å². The number of hydrogen-bond acceptors (Lipinski definition) is 2. The topological polar surface area (TPSA) is 49.8 Å². The van der Waals surface area contributed by atoms with Crippen molar-refractivity contribution in [1.29, 1.82) is 0 Å². The number of amides is 1. The van der Waals surface area contributed by atoms with Gasteiger partial charge in [0.15, 0.2) is 4.77 Å². The molecule has 18 heavy (non-hydrogen) atoms. The van der Waals surface area contributed by atoms with E-state index in [0.29, 0.717) is 11.3 Å². The highest BCUT2D eigenvalue weighted by atomic mass is 32.1. The molecular weight excluding hydrogens is 246 g/mol. The summed E-state index contributed by atoms with van der Waals surface area (Å²) in [5, 5.41) is 2.70. The second-order valence-electron chi connectivity index (χ2n) is 6.28. The van der Waals surface area contributed by atoms with Crippen molar-refractivity contribution in [3.05, 3.63) is 16.7 Å². The van der Waals surface area contributed by atoms with Crippen molar-refractivity contribution in [3.63, 3.8) is 0 Å². The molecule has 1 aromatic heterocycles.